The highest BCUT2D eigenvalue weighted by Crippen LogP contribution is 2.21. The second-order valence-corrected chi connectivity index (χ2v) is 5.96. The number of aromatic nitrogens is 2. The Balaban J connectivity index is 1.64. The molecule has 2 aliphatic heterocycles. The van der Waals surface area contributed by atoms with E-state index in [1.54, 1.807) is 7.11 Å². The summed E-state index contributed by atoms with van der Waals surface area (Å²) in [6, 6.07) is -0.0915. The predicted octanol–water partition coefficient (Wildman–Crippen LogP) is 0.429. The molecule has 23 heavy (non-hydrogen) atoms. The van der Waals surface area contributed by atoms with E-state index in [0.29, 0.717) is 51.2 Å². The highest BCUT2D eigenvalue weighted by atomic mass is 16.5. The average Bonchev–Trinajstić information content (AvgIpc) is 3.03. The second kappa shape index (κ2) is 7.85. The van der Waals surface area contributed by atoms with Crippen molar-refractivity contribution < 1.29 is 18.8 Å². The summed E-state index contributed by atoms with van der Waals surface area (Å²) < 4.78 is 15.5. The van der Waals surface area contributed by atoms with Crippen LogP contribution in [0.4, 0.5) is 0 Å². The molecule has 0 bridgehead atoms. The molecular formula is C15H24N4O4. The number of hydrogen-bond acceptors (Lipinski definition) is 7. The van der Waals surface area contributed by atoms with Crippen molar-refractivity contribution in [3.05, 3.63) is 11.7 Å². The summed E-state index contributed by atoms with van der Waals surface area (Å²) in [5.41, 5.74) is 0. The van der Waals surface area contributed by atoms with E-state index in [9.17, 15) is 4.79 Å². The lowest BCUT2D eigenvalue weighted by Crippen LogP contribution is -2.53. The predicted molar refractivity (Wildman–Crippen MR) is 80.5 cm³/mol. The molecule has 2 fully saturated rings. The van der Waals surface area contributed by atoms with Crippen molar-refractivity contribution in [2.24, 2.45) is 0 Å². The van der Waals surface area contributed by atoms with Crippen LogP contribution >= 0.6 is 0 Å². The molecule has 0 spiro atoms. The van der Waals surface area contributed by atoms with Gasteiger partial charge in [0.1, 0.15) is 6.61 Å². The maximum absolute atomic E-state index is 12.8. The van der Waals surface area contributed by atoms with Crippen molar-refractivity contribution in [3.8, 4) is 0 Å². The van der Waals surface area contributed by atoms with Gasteiger partial charge in [-0.2, -0.15) is 4.98 Å². The Labute approximate surface area is 135 Å². The number of methoxy groups -OCH3 is 1. The lowest BCUT2D eigenvalue weighted by Gasteiger charge is -2.38. The number of rotatable bonds is 5. The molecule has 8 heteroatoms. The van der Waals surface area contributed by atoms with Gasteiger partial charge in [-0.3, -0.25) is 9.69 Å². The Morgan fingerprint density at radius 2 is 2.13 bits per heavy atom. The monoisotopic (exact) mass is 324 g/mol. The summed E-state index contributed by atoms with van der Waals surface area (Å²) in [5.74, 6) is 1.28. The van der Waals surface area contributed by atoms with Crippen LogP contribution in [-0.2, 0) is 27.4 Å². The molecule has 8 nitrogen and oxygen atoms in total. The summed E-state index contributed by atoms with van der Waals surface area (Å²) >= 11 is 0. The number of nitrogens with zero attached hydrogens (tertiary/aromatic N) is 4. The molecule has 2 saturated heterocycles. The van der Waals surface area contributed by atoms with Gasteiger partial charge in [0.2, 0.25) is 5.91 Å². The number of amides is 1. The lowest BCUT2D eigenvalue weighted by atomic mass is 10.0. The van der Waals surface area contributed by atoms with Gasteiger partial charge in [-0.1, -0.05) is 11.6 Å². The summed E-state index contributed by atoms with van der Waals surface area (Å²) in [6.45, 7) is 4.35. The molecule has 3 heterocycles. The average molecular weight is 324 g/mol. The molecule has 1 atom stereocenters. The second-order valence-electron chi connectivity index (χ2n) is 5.96. The molecule has 1 unspecified atom stereocenters. The third kappa shape index (κ3) is 4.07. The van der Waals surface area contributed by atoms with Gasteiger partial charge >= 0.3 is 0 Å². The highest BCUT2D eigenvalue weighted by molar-refractivity contribution is 5.82. The van der Waals surface area contributed by atoms with Gasteiger partial charge in [-0.25, -0.2) is 0 Å². The number of carbonyl (C=O) groups excluding carboxylic acids is 1. The van der Waals surface area contributed by atoms with Crippen molar-refractivity contribution in [3.63, 3.8) is 0 Å². The summed E-state index contributed by atoms with van der Waals surface area (Å²) in [5, 5.41) is 3.98. The number of piperidine rings is 1. The van der Waals surface area contributed by atoms with Gasteiger partial charge < -0.3 is 18.9 Å². The van der Waals surface area contributed by atoms with Crippen molar-refractivity contribution in [2.75, 3.05) is 40.0 Å². The van der Waals surface area contributed by atoms with Gasteiger partial charge in [-0.05, 0) is 19.4 Å². The van der Waals surface area contributed by atoms with Crippen molar-refractivity contribution in [2.45, 2.75) is 38.5 Å². The van der Waals surface area contributed by atoms with E-state index in [-0.39, 0.29) is 11.9 Å². The molecule has 0 aliphatic carbocycles. The molecule has 1 aromatic heterocycles. The standard InChI is InChI=1S/C15H24N4O4/c1-21-11-14-16-13(17-23-14)10-19-5-3-2-4-12(19)15(20)18-6-8-22-9-7-18/h12H,2-11H2,1H3. The number of carbonyl (C=O) groups is 1. The van der Waals surface area contributed by atoms with E-state index < -0.39 is 0 Å². The Bertz CT molecular complexity index is 515. The molecular weight excluding hydrogens is 300 g/mol. The number of morpholine rings is 1. The topological polar surface area (TPSA) is 80.9 Å². The van der Waals surface area contributed by atoms with Crippen LogP contribution in [0.5, 0.6) is 0 Å². The van der Waals surface area contributed by atoms with E-state index in [4.69, 9.17) is 14.0 Å². The largest absolute Gasteiger partial charge is 0.378 e. The Hall–Kier alpha value is -1.51. The van der Waals surface area contributed by atoms with Crippen LogP contribution < -0.4 is 0 Å². The highest BCUT2D eigenvalue weighted by Gasteiger charge is 2.33. The smallest absolute Gasteiger partial charge is 0.252 e. The van der Waals surface area contributed by atoms with Crippen LogP contribution in [0.3, 0.4) is 0 Å². The molecule has 1 amide bonds. The first-order valence-corrected chi connectivity index (χ1v) is 8.19. The van der Waals surface area contributed by atoms with Gasteiger partial charge in [-0.15, -0.1) is 0 Å². The first kappa shape index (κ1) is 16.4. The summed E-state index contributed by atoms with van der Waals surface area (Å²) in [7, 11) is 1.59. The van der Waals surface area contributed by atoms with Crippen LogP contribution in [-0.4, -0.2) is 71.8 Å². The quantitative estimate of drug-likeness (QED) is 0.777. The number of likely N-dealkylation sites (tertiary alicyclic amines) is 1. The van der Waals surface area contributed by atoms with E-state index in [0.717, 1.165) is 25.8 Å². The molecule has 0 saturated carbocycles. The van der Waals surface area contributed by atoms with Crippen LogP contribution in [0.25, 0.3) is 0 Å². The normalized spacial score (nSPS) is 23.2. The zero-order valence-corrected chi connectivity index (χ0v) is 13.6. The third-order valence-corrected chi connectivity index (χ3v) is 4.34. The maximum Gasteiger partial charge on any atom is 0.252 e. The fourth-order valence-electron chi connectivity index (χ4n) is 3.17. The Kier molecular flexibility index (Phi) is 5.58. The molecule has 2 aliphatic rings. The van der Waals surface area contributed by atoms with Gasteiger partial charge in [0, 0.05) is 20.2 Å². The molecule has 1 aromatic rings. The van der Waals surface area contributed by atoms with Crippen LogP contribution in [0, 0.1) is 0 Å². The molecule has 0 radical (unpaired) electrons. The zero-order valence-electron chi connectivity index (χ0n) is 13.6. The minimum absolute atomic E-state index is 0.0915. The van der Waals surface area contributed by atoms with Crippen molar-refractivity contribution in [1.29, 1.82) is 0 Å². The van der Waals surface area contributed by atoms with E-state index >= 15 is 0 Å². The van der Waals surface area contributed by atoms with Crippen LogP contribution in [0.15, 0.2) is 4.52 Å². The van der Waals surface area contributed by atoms with Gasteiger partial charge in [0.15, 0.2) is 5.82 Å². The van der Waals surface area contributed by atoms with Crippen molar-refractivity contribution >= 4 is 5.91 Å². The molecule has 0 N–H and O–H groups in total. The maximum atomic E-state index is 12.8. The first-order chi connectivity index (χ1) is 11.3. The summed E-state index contributed by atoms with van der Waals surface area (Å²) in [4.78, 5) is 21.2. The van der Waals surface area contributed by atoms with Gasteiger partial charge in [0.25, 0.3) is 5.89 Å². The summed E-state index contributed by atoms with van der Waals surface area (Å²) in [6.07, 6.45) is 3.06. The third-order valence-electron chi connectivity index (χ3n) is 4.34. The van der Waals surface area contributed by atoms with Crippen LogP contribution in [0.1, 0.15) is 31.0 Å². The molecule has 128 valence electrons. The minimum atomic E-state index is -0.0915. The van der Waals surface area contributed by atoms with E-state index in [1.807, 2.05) is 4.90 Å². The molecule has 3 rings (SSSR count). The lowest BCUT2D eigenvalue weighted by molar-refractivity contribution is -0.142. The van der Waals surface area contributed by atoms with Crippen LogP contribution in [0.2, 0.25) is 0 Å². The van der Waals surface area contributed by atoms with Gasteiger partial charge in [0.05, 0.1) is 25.8 Å². The Morgan fingerprint density at radius 3 is 2.91 bits per heavy atom. The molecule has 0 aromatic carbocycles. The Morgan fingerprint density at radius 1 is 1.30 bits per heavy atom. The SMILES string of the molecule is COCc1nc(CN2CCCCC2C(=O)N2CCOCC2)no1. The minimum Gasteiger partial charge on any atom is -0.378 e. The first-order valence-electron chi connectivity index (χ1n) is 8.19. The zero-order chi connectivity index (χ0) is 16.1. The van der Waals surface area contributed by atoms with E-state index in [1.165, 1.54) is 0 Å². The van der Waals surface area contributed by atoms with Crippen molar-refractivity contribution in [1.82, 2.24) is 19.9 Å². The fourth-order valence-corrected chi connectivity index (χ4v) is 3.17. The fraction of sp³-hybridized carbons (Fsp3) is 0.800. The van der Waals surface area contributed by atoms with E-state index in [2.05, 4.69) is 15.0 Å². The number of hydrogen-bond donors (Lipinski definition) is 0. The number of ether oxygens (including phenoxy) is 2.